The molecule has 19 heavy (non-hydrogen) atoms. The Morgan fingerprint density at radius 1 is 1.16 bits per heavy atom. The third-order valence-electron chi connectivity index (χ3n) is 3.23. The van der Waals surface area contributed by atoms with Crippen molar-refractivity contribution < 1.29 is 14.6 Å². The van der Waals surface area contributed by atoms with Crippen LogP contribution in [0, 0.1) is 0 Å². The van der Waals surface area contributed by atoms with Gasteiger partial charge in [-0.3, -0.25) is 0 Å². The summed E-state index contributed by atoms with van der Waals surface area (Å²) in [6.45, 7) is 1.39. The van der Waals surface area contributed by atoms with Gasteiger partial charge < -0.3 is 14.6 Å². The molecule has 1 aliphatic rings. The second-order valence-corrected chi connectivity index (χ2v) is 4.64. The summed E-state index contributed by atoms with van der Waals surface area (Å²) in [5.74, 6) is 1.94. The molecule has 3 heteroatoms. The van der Waals surface area contributed by atoms with Crippen molar-refractivity contribution in [1.29, 1.82) is 0 Å². The second kappa shape index (κ2) is 5.22. The van der Waals surface area contributed by atoms with Crippen molar-refractivity contribution in [2.45, 2.75) is 12.8 Å². The van der Waals surface area contributed by atoms with E-state index < -0.39 is 0 Å². The van der Waals surface area contributed by atoms with Gasteiger partial charge in [-0.15, -0.1) is 0 Å². The van der Waals surface area contributed by atoms with E-state index in [9.17, 15) is 5.11 Å². The van der Waals surface area contributed by atoms with Crippen LogP contribution in [0.4, 0.5) is 0 Å². The van der Waals surface area contributed by atoms with Gasteiger partial charge in [-0.1, -0.05) is 18.2 Å². The molecule has 0 radical (unpaired) electrons. The van der Waals surface area contributed by atoms with E-state index >= 15 is 0 Å². The highest BCUT2D eigenvalue weighted by Gasteiger charge is 2.11. The quantitative estimate of drug-likeness (QED) is 0.914. The van der Waals surface area contributed by atoms with Crippen LogP contribution in [0.1, 0.15) is 11.1 Å². The molecule has 0 aromatic heterocycles. The van der Waals surface area contributed by atoms with Gasteiger partial charge in [0.1, 0.15) is 17.2 Å². The minimum absolute atomic E-state index is 0.229. The zero-order valence-electron chi connectivity index (χ0n) is 10.6. The zero-order chi connectivity index (χ0) is 13.1. The van der Waals surface area contributed by atoms with Gasteiger partial charge in [0.25, 0.3) is 0 Å². The van der Waals surface area contributed by atoms with Gasteiger partial charge in [0.15, 0.2) is 0 Å². The normalized spacial score (nSPS) is 12.8. The molecule has 0 saturated heterocycles. The maximum absolute atomic E-state index is 9.34. The Kier molecular flexibility index (Phi) is 3.27. The maximum Gasteiger partial charge on any atom is 0.122 e. The molecule has 0 saturated carbocycles. The van der Waals surface area contributed by atoms with Gasteiger partial charge >= 0.3 is 0 Å². The van der Waals surface area contributed by atoms with Crippen LogP contribution in [-0.2, 0) is 12.8 Å². The fourth-order valence-electron chi connectivity index (χ4n) is 2.26. The highest BCUT2D eigenvalue weighted by Crippen LogP contribution is 2.26. The number of rotatable bonds is 4. The predicted octanol–water partition coefficient (Wildman–Crippen LogP) is 2.95. The summed E-state index contributed by atoms with van der Waals surface area (Å²) in [5.41, 5.74) is 2.54. The molecular weight excluding hydrogens is 240 g/mol. The van der Waals surface area contributed by atoms with Crippen molar-refractivity contribution in [2.75, 3.05) is 13.2 Å². The van der Waals surface area contributed by atoms with Crippen LogP contribution >= 0.6 is 0 Å². The molecule has 1 aliphatic heterocycles. The molecule has 0 atom stereocenters. The second-order valence-electron chi connectivity index (χ2n) is 4.64. The fourth-order valence-corrected chi connectivity index (χ4v) is 2.26. The zero-order valence-corrected chi connectivity index (χ0v) is 10.6. The molecular formula is C16H16O3. The molecule has 0 fully saturated rings. The first kappa shape index (κ1) is 11.9. The van der Waals surface area contributed by atoms with Gasteiger partial charge in [0, 0.05) is 18.9 Å². The Labute approximate surface area is 112 Å². The summed E-state index contributed by atoms with van der Waals surface area (Å²) in [4.78, 5) is 0. The fraction of sp³-hybridized carbons (Fsp3) is 0.250. The molecule has 3 rings (SSSR count). The summed E-state index contributed by atoms with van der Waals surface area (Å²) in [7, 11) is 0. The number of fused-ring (bicyclic) bond motifs is 1. The molecule has 1 N–H and O–H groups in total. The van der Waals surface area contributed by atoms with Crippen molar-refractivity contribution in [1.82, 2.24) is 0 Å². The first-order valence-corrected chi connectivity index (χ1v) is 6.48. The highest BCUT2D eigenvalue weighted by atomic mass is 16.5. The molecule has 2 aromatic rings. The molecule has 0 bridgehead atoms. The summed E-state index contributed by atoms with van der Waals surface area (Å²) in [6.07, 6.45) is 1.85. The maximum atomic E-state index is 9.34. The van der Waals surface area contributed by atoms with Crippen molar-refractivity contribution in [3.05, 3.63) is 53.6 Å². The number of benzene rings is 2. The minimum atomic E-state index is 0.229. The lowest BCUT2D eigenvalue weighted by Crippen LogP contribution is -2.01. The van der Waals surface area contributed by atoms with E-state index in [0.29, 0.717) is 12.4 Å². The Morgan fingerprint density at radius 3 is 3.00 bits per heavy atom. The van der Waals surface area contributed by atoms with E-state index in [1.54, 1.807) is 18.2 Å². The average Bonchev–Trinajstić information content (AvgIpc) is 2.86. The summed E-state index contributed by atoms with van der Waals surface area (Å²) < 4.78 is 11.1. The molecule has 3 nitrogen and oxygen atoms in total. The van der Waals surface area contributed by atoms with E-state index in [1.807, 2.05) is 12.1 Å². The van der Waals surface area contributed by atoms with Crippen LogP contribution in [0.2, 0.25) is 0 Å². The van der Waals surface area contributed by atoms with E-state index in [0.717, 1.165) is 25.2 Å². The standard InChI is InChI=1S/C16H16O3/c17-14-2-1-3-15(11-14)18-8-6-12-4-5-16-13(10-12)7-9-19-16/h1-5,10-11,17H,6-9H2. The van der Waals surface area contributed by atoms with E-state index in [2.05, 4.69) is 12.1 Å². The van der Waals surface area contributed by atoms with Crippen LogP contribution in [0.3, 0.4) is 0 Å². The topological polar surface area (TPSA) is 38.7 Å². The van der Waals surface area contributed by atoms with Crippen molar-refractivity contribution in [2.24, 2.45) is 0 Å². The first-order valence-electron chi connectivity index (χ1n) is 6.48. The van der Waals surface area contributed by atoms with Gasteiger partial charge in [0.05, 0.1) is 13.2 Å². The molecule has 0 amide bonds. The van der Waals surface area contributed by atoms with Gasteiger partial charge in [-0.25, -0.2) is 0 Å². The van der Waals surface area contributed by atoms with Crippen LogP contribution in [0.15, 0.2) is 42.5 Å². The highest BCUT2D eigenvalue weighted by molar-refractivity contribution is 5.40. The lowest BCUT2D eigenvalue weighted by molar-refractivity contribution is 0.320. The third kappa shape index (κ3) is 2.81. The average molecular weight is 256 g/mol. The summed E-state index contributed by atoms with van der Waals surface area (Å²) >= 11 is 0. The van der Waals surface area contributed by atoms with E-state index in [-0.39, 0.29) is 5.75 Å². The molecule has 1 heterocycles. The number of ether oxygens (including phenoxy) is 2. The Morgan fingerprint density at radius 2 is 2.11 bits per heavy atom. The van der Waals surface area contributed by atoms with Crippen LogP contribution in [0.5, 0.6) is 17.2 Å². The predicted molar refractivity (Wildman–Crippen MR) is 72.9 cm³/mol. The van der Waals surface area contributed by atoms with E-state index in [4.69, 9.17) is 9.47 Å². The summed E-state index contributed by atoms with van der Waals surface area (Å²) in [5, 5.41) is 9.34. The minimum Gasteiger partial charge on any atom is -0.508 e. The van der Waals surface area contributed by atoms with Crippen molar-refractivity contribution >= 4 is 0 Å². The van der Waals surface area contributed by atoms with Crippen LogP contribution < -0.4 is 9.47 Å². The van der Waals surface area contributed by atoms with Gasteiger partial charge in [-0.05, 0) is 29.3 Å². The number of phenols is 1. The van der Waals surface area contributed by atoms with Crippen molar-refractivity contribution in [3.63, 3.8) is 0 Å². The Bertz CT molecular complexity index is 578. The van der Waals surface area contributed by atoms with E-state index in [1.165, 1.54) is 11.1 Å². The van der Waals surface area contributed by atoms with Crippen molar-refractivity contribution in [3.8, 4) is 17.2 Å². The molecule has 0 spiro atoms. The Balaban J connectivity index is 1.58. The smallest absolute Gasteiger partial charge is 0.122 e. The Hall–Kier alpha value is -2.16. The number of aromatic hydroxyl groups is 1. The molecule has 98 valence electrons. The number of phenolic OH excluding ortho intramolecular Hbond substituents is 1. The van der Waals surface area contributed by atoms with Crippen LogP contribution in [0.25, 0.3) is 0 Å². The van der Waals surface area contributed by atoms with Crippen LogP contribution in [-0.4, -0.2) is 18.3 Å². The third-order valence-corrected chi connectivity index (χ3v) is 3.23. The largest absolute Gasteiger partial charge is 0.508 e. The number of hydrogen-bond acceptors (Lipinski definition) is 3. The van der Waals surface area contributed by atoms with Gasteiger partial charge in [0.2, 0.25) is 0 Å². The lowest BCUT2D eigenvalue weighted by Gasteiger charge is -2.07. The molecule has 0 aliphatic carbocycles. The monoisotopic (exact) mass is 256 g/mol. The number of hydrogen-bond donors (Lipinski definition) is 1. The molecule has 0 unspecified atom stereocenters. The van der Waals surface area contributed by atoms with Gasteiger partial charge in [-0.2, -0.15) is 0 Å². The SMILES string of the molecule is Oc1cccc(OCCc2ccc3c(c2)CCO3)c1. The lowest BCUT2D eigenvalue weighted by atomic mass is 10.1. The molecule has 2 aromatic carbocycles. The first-order chi connectivity index (χ1) is 9.31. The summed E-state index contributed by atoms with van der Waals surface area (Å²) in [6, 6.07) is 13.2.